The van der Waals surface area contributed by atoms with Gasteiger partial charge in [0.25, 0.3) is 0 Å². The lowest BCUT2D eigenvalue weighted by atomic mass is 10.1. The van der Waals surface area contributed by atoms with E-state index in [2.05, 4.69) is 75.7 Å². The van der Waals surface area contributed by atoms with Crippen LogP contribution in [0.15, 0.2) is 127 Å². The molecule has 0 amide bonds. The van der Waals surface area contributed by atoms with Crippen LogP contribution in [0, 0.1) is 0 Å². The van der Waals surface area contributed by atoms with Crippen LogP contribution < -0.4 is 0 Å². The van der Waals surface area contributed by atoms with Crippen LogP contribution in [0.4, 0.5) is 0 Å². The summed E-state index contributed by atoms with van der Waals surface area (Å²) in [4.78, 5) is 15.1. The van der Waals surface area contributed by atoms with Gasteiger partial charge in [-0.2, -0.15) is 9.97 Å². The van der Waals surface area contributed by atoms with Gasteiger partial charge >= 0.3 is 0 Å². The molecule has 0 aliphatic heterocycles. The summed E-state index contributed by atoms with van der Waals surface area (Å²) in [5.41, 5.74) is 7.67. The van der Waals surface area contributed by atoms with Crippen LogP contribution in [0.25, 0.3) is 77.9 Å². The van der Waals surface area contributed by atoms with Gasteiger partial charge in [-0.15, -0.1) is 0 Å². The van der Waals surface area contributed by atoms with Gasteiger partial charge in [0.15, 0.2) is 11.6 Å². The van der Waals surface area contributed by atoms with Crippen LogP contribution in [-0.2, 0) is 0 Å². The molecule has 40 heavy (non-hydrogen) atoms. The highest BCUT2D eigenvalue weighted by molar-refractivity contribution is 6.30. The first-order chi connectivity index (χ1) is 19.9. The number of nitrogens with zero attached hydrogens (tertiary/aromatic N) is 5. The quantitative estimate of drug-likeness (QED) is 0.240. The van der Waals surface area contributed by atoms with Crippen molar-refractivity contribution in [1.29, 1.82) is 0 Å². The first-order valence-corrected chi connectivity index (χ1v) is 13.4. The van der Waals surface area contributed by atoms with Gasteiger partial charge in [0.05, 0.1) is 27.6 Å². The molecule has 5 heterocycles. The van der Waals surface area contributed by atoms with Crippen molar-refractivity contribution in [2.45, 2.75) is 0 Å². The molecule has 0 saturated heterocycles. The Kier molecular flexibility index (Phi) is 4.27. The summed E-state index contributed by atoms with van der Waals surface area (Å²) in [6, 6.07) is 44.1. The van der Waals surface area contributed by atoms with E-state index >= 15 is 0 Å². The van der Waals surface area contributed by atoms with Crippen molar-refractivity contribution in [3.8, 4) is 28.7 Å². The van der Waals surface area contributed by atoms with Gasteiger partial charge < -0.3 is 4.40 Å². The van der Waals surface area contributed by atoms with Crippen LogP contribution in [0.5, 0.6) is 0 Å². The van der Waals surface area contributed by atoms with Crippen LogP contribution in [0.3, 0.4) is 0 Å². The monoisotopic (exact) mass is 511 g/mol. The lowest BCUT2D eigenvalue weighted by Crippen LogP contribution is -2.06. The third-order valence-electron chi connectivity index (χ3n) is 7.91. The summed E-state index contributed by atoms with van der Waals surface area (Å²) in [6.07, 6.45) is 0. The molecule has 9 aromatic rings. The van der Waals surface area contributed by atoms with E-state index < -0.39 is 0 Å². The zero-order valence-electron chi connectivity index (χ0n) is 21.4. The highest BCUT2D eigenvalue weighted by atomic mass is 15.2. The SMILES string of the molecule is c1ccc(-c2nc(-c3ccccc3)nc(-n3c4ccccc4c4c3c3cccc5c6ccccc6c4n53)n2)cc1. The van der Waals surface area contributed by atoms with E-state index in [0.29, 0.717) is 17.6 Å². The summed E-state index contributed by atoms with van der Waals surface area (Å²) in [6.45, 7) is 0. The second-order valence-corrected chi connectivity index (χ2v) is 10.1. The van der Waals surface area contributed by atoms with E-state index in [1.165, 1.54) is 32.6 Å². The number of aromatic nitrogens is 5. The first kappa shape index (κ1) is 21.4. The normalized spacial score (nSPS) is 12.0. The van der Waals surface area contributed by atoms with Crippen molar-refractivity contribution >= 4 is 49.1 Å². The molecule has 5 heteroatoms. The molecule has 0 unspecified atom stereocenters. The Balaban J connectivity index is 1.47. The third kappa shape index (κ3) is 2.83. The highest BCUT2D eigenvalue weighted by Crippen LogP contribution is 2.44. The van der Waals surface area contributed by atoms with Crippen molar-refractivity contribution in [2.24, 2.45) is 0 Å². The first-order valence-electron chi connectivity index (χ1n) is 13.4. The number of pyridine rings is 1. The van der Waals surface area contributed by atoms with Gasteiger partial charge in [0.2, 0.25) is 5.95 Å². The number of benzene rings is 4. The molecule has 186 valence electrons. The van der Waals surface area contributed by atoms with Gasteiger partial charge in [-0.25, -0.2) is 4.98 Å². The zero-order valence-corrected chi connectivity index (χ0v) is 21.4. The van der Waals surface area contributed by atoms with E-state index in [4.69, 9.17) is 15.0 Å². The number of fused-ring (bicyclic) bond motifs is 8. The molecule has 0 saturated carbocycles. The van der Waals surface area contributed by atoms with Crippen molar-refractivity contribution in [3.63, 3.8) is 0 Å². The smallest absolute Gasteiger partial charge is 0.238 e. The molecule has 0 N–H and O–H groups in total. The summed E-state index contributed by atoms with van der Waals surface area (Å²) in [7, 11) is 0. The fraction of sp³-hybridized carbons (Fsp3) is 0. The molecule has 0 aliphatic carbocycles. The van der Waals surface area contributed by atoms with E-state index in [1.54, 1.807) is 0 Å². The minimum absolute atomic E-state index is 0.609. The van der Waals surface area contributed by atoms with Gasteiger partial charge in [0, 0.05) is 32.7 Å². The molecule has 0 aliphatic rings. The van der Waals surface area contributed by atoms with Crippen molar-refractivity contribution in [1.82, 2.24) is 23.9 Å². The topological polar surface area (TPSA) is 48.0 Å². The van der Waals surface area contributed by atoms with Gasteiger partial charge in [-0.05, 0) is 18.2 Å². The fourth-order valence-corrected chi connectivity index (χ4v) is 6.25. The van der Waals surface area contributed by atoms with Crippen LogP contribution in [-0.4, -0.2) is 23.9 Å². The minimum Gasteiger partial charge on any atom is -0.306 e. The highest BCUT2D eigenvalue weighted by Gasteiger charge is 2.25. The molecule has 4 aromatic carbocycles. The van der Waals surface area contributed by atoms with Gasteiger partial charge in [0.1, 0.15) is 0 Å². The lowest BCUT2D eigenvalue weighted by molar-refractivity contribution is 0.954. The lowest BCUT2D eigenvalue weighted by Gasteiger charge is -2.11. The van der Waals surface area contributed by atoms with Crippen LogP contribution in [0.2, 0.25) is 0 Å². The predicted octanol–water partition coefficient (Wildman–Crippen LogP) is 8.30. The van der Waals surface area contributed by atoms with Gasteiger partial charge in [-0.1, -0.05) is 109 Å². The van der Waals surface area contributed by atoms with Crippen LogP contribution >= 0.6 is 0 Å². The van der Waals surface area contributed by atoms with E-state index in [1.807, 2.05) is 60.7 Å². The molecule has 0 radical (unpaired) electrons. The summed E-state index contributed by atoms with van der Waals surface area (Å²) < 4.78 is 4.62. The molecule has 0 spiro atoms. The fourth-order valence-electron chi connectivity index (χ4n) is 6.25. The summed E-state index contributed by atoms with van der Waals surface area (Å²) >= 11 is 0. The Morgan fingerprint density at radius 3 is 1.65 bits per heavy atom. The molecular formula is C35H21N5. The number of hydrogen-bond acceptors (Lipinski definition) is 3. The Morgan fingerprint density at radius 2 is 0.950 bits per heavy atom. The maximum absolute atomic E-state index is 5.10. The molecule has 5 nitrogen and oxygen atoms in total. The Labute approximate surface area is 229 Å². The Bertz CT molecular complexity index is 2310. The minimum atomic E-state index is 0.609. The average Bonchev–Trinajstić information content (AvgIpc) is 3.66. The molecule has 9 rings (SSSR count). The summed E-state index contributed by atoms with van der Waals surface area (Å²) in [5.74, 6) is 1.91. The average molecular weight is 512 g/mol. The van der Waals surface area contributed by atoms with E-state index in [-0.39, 0.29) is 0 Å². The number of rotatable bonds is 3. The Morgan fingerprint density at radius 1 is 0.400 bits per heavy atom. The van der Waals surface area contributed by atoms with Gasteiger partial charge in [-0.3, -0.25) is 4.57 Å². The van der Waals surface area contributed by atoms with E-state index in [9.17, 15) is 0 Å². The zero-order chi connectivity index (χ0) is 26.2. The molecule has 0 atom stereocenters. The van der Waals surface area contributed by atoms with Crippen LogP contribution in [0.1, 0.15) is 0 Å². The number of hydrogen-bond donors (Lipinski definition) is 0. The van der Waals surface area contributed by atoms with Crippen molar-refractivity contribution in [2.75, 3.05) is 0 Å². The second-order valence-electron chi connectivity index (χ2n) is 10.1. The van der Waals surface area contributed by atoms with E-state index in [0.717, 1.165) is 27.7 Å². The molecular weight excluding hydrogens is 490 g/mol. The maximum atomic E-state index is 5.10. The molecule has 0 fully saturated rings. The molecule has 5 aromatic heterocycles. The number of para-hydroxylation sites is 1. The Hall–Kier alpha value is -5.55. The maximum Gasteiger partial charge on any atom is 0.238 e. The third-order valence-corrected chi connectivity index (χ3v) is 7.91. The summed E-state index contributed by atoms with van der Waals surface area (Å²) in [5, 5.41) is 4.92. The van der Waals surface area contributed by atoms with Crippen molar-refractivity contribution in [3.05, 3.63) is 127 Å². The predicted molar refractivity (Wildman–Crippen MR) is 162 cm³/mol. The largest absolute Gasteiger partial charge is 0.306 e. The second kappa shape index (κ2) is 7.98. The van der Waals surface area contributed by atoms with Crippen molar-refractivity contribution < 1.29 is 0 Å². The standard InChI is InChI=1S/C35H21N5/c1-3-12-22(13-4-1)33-36-34(23-14-5-2-6-15-23)38-35(37-33)40-28-19-10-9-18-26(28)30-31-25-17-8-7-16-24(25)27-20-11-21-29(32(30)40)39(27)31/h1-21H. The molecule has 0 bridgehead atoms.